The third-order valence-corrected chi connectivity index (χ3v) is 3.39. The highest BCUT2D eigenvalue weighted by Gasteiger charge is 2.34. The minimum atomic E-state index is -0.818. The lowest BCUT2D eigenvalue weighted by Crippen LogP contribution is -2.33. The second kappa shape index (κ2) is 4.88. The van der Waals surface area contributed by atoms with Crippen molar-refractivity contribution in [2.75, 3.05) is 6.61 Å². The monoisotopic (exact) mass is 354 g/mol. The number of H-pyrrole nitrogens is 1. The number of rotatable bonds is 2. The van der Waals surface area contributed by atoms with Crippen LogP contribution in [0.2, 0.25) is 0 Å². The summed E-state index contributed by atoms with van der Waals surface area (Å²) in [4.78, 5) is 24.9. The zero-order valence-corrected chi connectivity index (χ0v) is 10.8. The lowest BCUT2D eigenvalue weighted by molar-refractivity contribution is -0.0459. The summed E-state index contributed by atoms with van der Waals surface area (Å²) in [6, 6.07) is 0. The van der Waals surface area contributed by atoms with Crippen LogP contribution in [0.15, 0.2) is 15.8 Å². The van der Waals surface area contributed by atoms with Gasteiger partial charge in [-0.25, -0.2) is 4.79 Å². The smallest absolute Gasteiger partial charge is 0.330 e. The van der Waals surface area contributed by atoms with Gasteiger partial charge in [0.2, 0.25) is 0 Å². The van der Waals surface area contributed by atoms with Gasteiger partial charge < -0.3 is 14.9 Å². The van der Waals surface area contributed by atoms with E-state index < -0.39 is 29.7 Å². The van der Waals surface area contributed by atoms with E-state index in [2.05, 4.69) is 4.98 Å². The number of hydrogen-bond donors (Lipinski definition) is 3. The molecule has 1 aliphatic heterocycles. The molecule has 2 heterocycles. The molecule has 2 rings (SSSR count). The van der Waals surface area contributed by atoms with Crippen LogP contribution in [-0.2, 0) is 4.74 Å². The molecule has 1 aliphatic rings. The summed E-state index contributed by atoms with van der Waals surface area (Å²) in [6.07, 6.45) is -0.607. The van der Waals surface area contributed by atoms with Crippen LogP contribution < -0.4 is 11.2 Å². The number of aliphatic hydroxyl groups excluding tert-OH is 2. The Hall–Kier alpha value is -0.710. The first-order valence-electron chi connectivity index (χ1n) is 4.98. The van der Waals surface area contributed by atoms with E-state index in [4.69, 9.17) is 9.84 Å². The summed E-state index contributed by atoms with van der Waals surface area (Å²) >= 11 is 1.80. The molecule has 1 fully saturated rings. The van der Waals surface area contributed by atoms with Crippen molar-refractivity contribution in [1.29, 1.82) is 0 Å². The second-order valence-corrected chi connectivity index (χ2v) is 4.92. The molecule has 17 heavy (non-hydrogen) atoms. The van der Waals surface area contributed by atoms with Gasteiger partial charge in [0.05, 0.1) is 16.3 Å². The van der Waals surface area contributed by atoms with Crippen LogP contribution in [0.25, 0.3) is 0 Å². The van der Waals surface area contributed by atoms with Crippen molar-refractivity contribution in [3.8, 4) is 0 Å². The highest BCUT2D eigenvalue weighted by Crippen LogP contribution is 2.27. The van der Waals surface area contributed by atoms with E-state index in [1.54, 1.807) is 22.6 Å². The average Bonchev–Trinajstić information content (AvgIpc) is 2.65. The third-order valence-electron chi connectivity index (χ3n) is 2.62. The van der Waals surface area contributed by atoms with E-state index >= 15 is 0 Å². The maximum absolute atomic E-state index is 11.6. The predicted molar refractivity (Wildman–Crippen MR) is 65.7 cm³/mol. The Morgan fingerprint density at radius 2 is 2.29 bits per heavy atom. The van der Waals surface area contributed by atoms with Crippen molar-refractivity contribution in [2.24, 2.45) is 0 Å². The fourth-order valence-electron chi connectivity index (χ4n) is 1.72. The quantitative estimate of drug-likeness (QED) is 0.578. The highest BCUT2D eigenvalue weighted by atomic mass is 127. The number of aromatic nitrogens is 2. The Balaban J connectivity index is 2.34. The number of aliphatic hydroxyl groups is 2. The molecule has 0 spiro atoms. The van der Waals surface area contributed by atoms with Gasteiger partial charge in [-0.15, -0.1) is 0 Å². The minimum absolute atomic E-state index is 0.202. The fraction of sp³-hybridized carbons (Fsp3) is 0.556. The summed E-state index contributed by atoms with van der Waals surface area (Å²) in [5.41, 5.74) is -1.05. The van der Waals surface area contributed by atoms with E-state index in [-0.39, 0.29) is 13.0 Å². The Morgan fingerprint density at radius 1 is 1.59 bits per heavy atom. The van der Waals surface area contributed by atoms with Crippen molar-refractivity contribution >= 4 is 22.6 Å². The van der Waals surface area contributed by atoms with Crippen molar-refractivity contribution < 1.29 is 14.9 Å². The molecule has 0 amide bonds. The Morgan fingerprint density at radius 3 is 2.88 bits per heavy atom. The Labute approximate surface area is 109 Å². The summed E-state index contributed by atoms with van der Waals surface area (Å²) in [6.45, 7) is -0.313. The largest absolute Gasteiger partial charge is 0.394 e. The van der Waals surface area contributed by atoms with Gasteiger partial charge in [-0.1, -0.05) is 0 Å². The van der Waals surface area contributed by atoms with Gasteiger partial charge in [-0.05, 0) is 22.6 Å². The van der Waals surface area contributed by atoms with Crippen LogP contribution in [0, 0.1) is 3.57 Å². The molecule has 7 nitrogen and oxygen atoms in total. The first-order valence-corrected chi connectivity index (χ1v) is 6.06. The van der Waals surface area contributed by atoms with E-state index in [0.29, 0.717) is 3.57 Å². The van der Waals surface area contributed by atoms with Crippen LogP contribution in [0.1, 0.15) is 12.6 Å². The molecule has 0 bridgehead atoms. The van der Waals surface area contributed by atoms with Crippen LogP contribution in [-0.4, -0.2) is 38.6 Å². The molecule has 0 aromatic carbocycles. The molecule has 0 radical (unpaired) electrons. The highest BCUT2D eigenvalue weighted by molar-refractivity contribution is 14.1. The Kier molecular flexibility index (Phi) is 3.66. The van der Waals surface area contributed by atoms with Crippen LogP contribution in [0.4, 0.5) is 0 Å². The summed E-state index contributed by atoms with van der Waals surface area (Å²) in [7, 11) is 0. The average molecular weight is 354 g/mol. The molecule has 1 aromatic heterocycles. The zero-order chi connectivity index (χ0) is 12.6. The molecular formula is C9H11IN2O5. The molecule has 3 N–H and O–H groups in total. The second-order valence-electron chi connectivity index (χ2n) is 3.76. The first kappa shape index (κ1) is 12.7. The van der Waals surface area contributed by atoms with E-state index in [1.165, 1.54) is 10.8 Å². The van der Waals surface area contributed by atoms with Gasteiger partial charge in [0.1, 0.15) is 12.3 Å². The van der Waals surface area contributed by atoms with Crippen LogP contribution in [0.3, 0.4) is 0 Å². The van der Waals surface area contributed by atoms with Crippen molar-refractivity contribution in [3.05, 3.63) is 30.6 Å². The number of hydrogen-bond acceptors (Lipinski definition) is 5. The van der Waals surface area contributed by atoms with Gasteiger partial charge in [-0.2, -0.15) is 0 Å². The van der Waals surface area contributed by atoms with Crippen LogP contribution >= 0.6 is 22.6 Å². The van der Waals surface area contributed by atoms with E-state index in [1.807, 2.05) is 0 Å². The molecule has 94 valence electrons. The molecule has 3 atom stereocenters. The summed E-state index contributed by atoms with van der Waals surface area (Å²) in [5, 5.41) is 18.5. The predicted octanol–water partition coefficient (Wildman–Crippen LogP) is -1.22. The van der Waals surface area contributed by atoms with Crippen molar-refractivity contribution in [1.82, 2.24) is 9.55 Å². The van der Waals surface area contributed by atoms with Crippen molar-refractivity contribution in [3.63, 3.8) is 0 Å². The molecule has 1 saturated heterocycles. The third kappa shape index (κ3) is 2.44. The zero-order valence-electron chi connectivity index (χ0n) is 8.67. The Bertz CT molecular complexity index is 525. The van der Waals surface area contributed by atoms with Gasteiger partial charge in [0.15, 0.2) is 0 Å². The standard InChI is InChI=1S/C9H11IN2O5/c10-4-2-12(9(16)11-8(4)15)7-1-5(14)6(3-13)17-7/h2,5-7,13-14H,1,3H2,(H,11,15,16)/t5-,6?,7-/m1/s1. The summed E-state index contributed by atoms with van der Waals surface area (Å²) in [5.74, 6) is 0. The first-order chi connectivity index (χ1) is 8.02. The van der Waals surface area contributed by atoms with Crippen LogP contribution in [0.5, 0.6) is 0 Å². The molecular weight excluding hydrogens is 343 g/mol. The van der Waals surface area contributed by atoms with Gasteiger partial charge in [-0.3, -0.25) is 14.3 Å². The SMILES string of the molecule is O=c1[nH]c(=O)n([C@H]2C[C@@H](O)C(CO)O2)cc1I. The number of aromatic amines is 1. The normalized spacial score (nSPS) is 28.5. The fourth-order valence-corrected chi connectivity index (χ4v) is 2.16. The molecule has 0 saturated carbocycles. The number of nitrogens with one attached hydrogen (secondary N) is 1. The number of nitrogens with zero attached hydrogens (tertiary/aromatic N) is 1. The van der Waals surface area contributed by atoms with E-state index in [9.17, 15) is 14.7 Å². The number of halogens is 1. The maximum atomic E-state index is 11.6. The van der Waals surface area contributed by atoms with Gasteiger partial charge in [0, 0.05) is 12.6 Å². The topological polar surface area (TPSA) is 105 Å². The minimum Gasteiger partial charge on any atom is -0.394 e. The van der Waals surface area contributed by atoms with E-state index in [0.717, 1.165) is 0 Å². The molecule has 1 unspecified atom stereocenters. The maximum Gasteiger partial charge on any atom is 0.330 e. The molecule has 1 aromatic rings. The lowest BCUT2D eigenvalue weighted by Gasteiger charge is -2.14. The molecule has 0 aliphatic carbocycles. The van der Waals surface area contributed by atoms with Gasteiger partial charge >= 0.3 is 5.69 Å². The van der Waals surface area contributed by atoms with Gasteiger partial charge in [0.25, 0.3) is 5.56 Å². The summed E-state index contributed by atoms with van der Waals surface area (Å²) < 4.78 is 6.89. The number of ether oxygens (including phenoxy) is 1. The molecule has 8 heteroatoms. The van der Waals surface area contributed by atoms with Crippen molar-refractivity contribution in [2.45, 2.75) is 24.9 Å². The lowest BCUT2D eigenvalue weighted by atomic mass is 10.2.